The van der Waals surface area contributed by atoms with Crippen LogP contribution in [0.15, 0.2) is 24.3 Å². The Hall–Kier alpha value is -1.44. The Morgan fingerprint density at radius 3 is 2.92 bits per heavy atom. The van der Waals surface area contributed by atoms with E-state index in [2.05, 4.69) is 34.3 Å². The van der Waals surface area contributed by atoms with Crippen LogP contribution in [0.1, 0.15) is 0 Å². The van der Waals surface area contributed by atoms with Gasteiger partial charge >= 0.3 is 0 Å². The lowest BCUT2D eigenvalue weighted by molar-refractivity contribution is 1.13. The van der Waals surface area contributed by atoms with Crippen LogP contribution in [-0.2, 0) is 0 Å². The maximum atomic E-state index is 3.04. The summed E-state index contributed by atoms with van der Waals surface area (Å²) in [5.74, 6) is 0. The quantitative estimate of drug-likeness (QED) is 0.674. The van der Waals surface area contributed by atoms with E-state index in [1.807, 2.05) is 20.2 Å². The molecule has 0 aliphatic carbocycles. The number of hydrogen-bond acceptors (Lipinski definition) is 1. The summed E-state index contributed by atoms with van der Waals surface area (Å²) in [6, 6.07) is 8.26. The number of H-pyrrole nitrogens is 1. The fourth-order valence-electron chi connectivity index (χ4n) is 1.25. The van der Waals surface area contributed by atoms with Crippen LogP contribution >= 0.6 is 0 Å². The molecule has 2 rings (SSSR count). The maximum Gasteiger partial charge on any atom is 0.0630 e. The zero-order valence-electron chi connectivity index (χ0n) is 7.26. The molecular formula is C10H11N2. The molecule has 1 N–H and O–H groups in total. The van der Waals surface area contributed by atoms with Crippen molar-refractivity contribution in [3.8, 4) is 0 Å². The van der Waals surface area contributed by atoms with Crippen molar-refractivity contribution >= 4 is 16.6 Å². The molecule has 1 radical (unpaired) electrons. The number of benzene rings is 1. The zero-order chi connectivity index (χ0) is 8.55. The van der Waals surface area contributed by atoms with Crippen molar-refractivity contribution in [3.63, 3.8) is 0 Å². The molecule has 0 unspecified atom stereocenters. The lowest BCUT2D eigenvalue weighted by Gasteiger charge is -2.11. The van der Waals surface area contributed by atoms with Crippen LogP contribution in [0.4, 0.5) is 5.69 Å². The Bertz CT molecular complexity index is 387. The summed E-state index contributed by atoms with van der Waals surface area (Å²) >= 11 is 0. The maximum absolute atomic E-state index is 3.04. The van der Waals surface area contributed by atoms with E-state index in [4.69, 9.17) is 0 Å². The van der Waals surface area contributed by atoms with Gasteiger partial charge in [-0.15, -0.1) is 0 Å². The number of nitrogens with one attached hydrogen (secondary N) is 1. The third-order valence-corrected chi connectivity index (χ3v) is 1.99. The van der Waals surface area contributed by atoms with E-state index in [1.165, 1.54) is 11.1 Å². The van der Waals surface area contributed by atoms with Gasteiger partial charge < -0.3 is 9.88 Å². The molecule has 0 fully saturated rings. The third kappa shape index (κ3) is 1.05. The Morgan fingerprint density at radius 2 is 2.17 bits per heavy atom. The van der Waals surface area contributed by atoms with Crippen LogP contribution in [0.3, 0.4) is 0 Å². The van der Waals surface area contributed by atoms with E-state index in [1.54, 1.807) is 0 Å². The fraction of sp³-hybridized carbons (Fsp3) is 0.200. The van der Waals surface area contributed by atoms with Crippen molar-refractivity contribution in [1.29, 1.82) is 0 Å². The molecule has 61 valence electrons. The zero-order valence-corrected chi connectivity index (χ0v) is 7.26. The molecular weight excluding hydrogens is 148 g/mol. The smallest absolute Gasteiger partial charge is 0.0630 e. The number of rotatable bonds is 1. The average molecular weight is 159 g/mol. The fourth-order valence-corrected chi connectivity index (χ4v) is 1.25. The molecule has 2 nitrogen and oxygen atoms in total. The molecule has 0 atom stereocenters. The first kappa shape index (κ1) is 7.22. The molecule has 0 amide bonds. The monoisotopic (exact) mass is 159 g/mol. The molecule has 2 aromatic rings. The first-order valence-corrected chi connectivity index (χ1v) is 3.93. The number of nitrogens with zero attached hydrogens (tertiary/aromatic N) is 1. The normalized spacial score (nSPS) is 10.5. The highest BCUT2D eigenvalue weighted by Gasteiger charge is 1.97. The van der Waals surface area contributed by atoms with Gasteiger partial charge in [-0.2, -0.15) is 0 Å². The van der Waals surface area contributed by atoms with E-state index in [-0.39, 0.29) is 0 Å². The second-order valence-electron chi connectivity index (χ2n) is 3.08. The summed E-state index contributed by atoms with van der Waals surface area (Å²) < 4.78 is 0. The molecule has 0 bridgehead atoms. The summed E-state index contributed by atoms with van der Waals surface area (Å²) in [6.45, 7) is 0. The first-order valence-electron chi connectivity index (χ1n) is 3.93. The Morgan fingerprint density at radius 1 is 1.33 bits per heavy atom. The number of anilines is 1. The average Bonchev–Trinajstić information content (AvgIpc) is 2.49. The van der Waals surface area contributed by atoms with E-state index in [9.17, 15) is 0 Å². The van der Waals surface area contributed by atoms with Crippen LogP contribution in [0.5, 0.6) is 0 Å². The predicted molar refractivity (Wildman–Crippen MR) is 51.5 cm³/mol. The Kier molecular flexibility index (Phi) is 1.54. The highest BCUT2D eigenvalue weighted by molar-refractivity contribution is 5.82. The number of aromatic amines is 1. The minimum atomic E-state index is 1.14. The SMILES string of the molecule is CN(C)c1ccc2[nH][c]cc2c1. The Labute approximate surface area is 71.8 Å². The van der Waals surface area contributed by atoms with Crippen molar-refractivity contribution in [3.05, 3.63) is 30.5 Å². The van der Waals surface area contributed by atoms with Gasteiger partial charge in [0, 0.05) is 30.7 Å². The van der Waals surface area contributed by atoms with E-state index in [0.717, 1.165) is 5.52 Å². The minimum absolute atomic E-state index is 1.14. The first-order chi connectivity index (χ1) is 5.77. The van der Waals surface area contributed by atoms with Gasteiger partial charge in [-0.3, -0.25) is 0 Å². The largest absolute Gasteiger partial charge is 0.378 e. The summed E-state index contributed by atoms with van der Waals surface area (Å²) in [5.41, 5.74) is 2.36. The van der Waals surface area contributed by atoms with Gasteiger partial charge in [-0.25, -0.2) is 0 Å². The van der Waals surface area contributed by atoms with Crippen LogP contribution in [0, 0.1) is 6.20 Å². The Balaban J connectivity index is 2.60. The lowest BCUT2D eigenvalue weighted by atomic mass is 10.2. The van der Waals surface area contributed by atoms with Gasteiger partial charge in [0.2, 0.25) is 0 Å². The van der Waals surface area contributed by atoms with E-state index in [0.29, 0.717) is 0 Å². The highest BCUT2D eigenvalue weighted by atomic mass is 15.1. The summed E-state index contributed by atoms with van der Waals surface area (Å²) in [5, 5.41) is 1.21. The van der Waals surface area contributed by atoms with Crippen LogP contribution in [0.2, 0.25) is 0 Å². The highest BCUT2D eigenvalue weighted by Crippen LogP contribution is 2.18. The van der Waals surface area contributed by atoms with Crippen molar-refractivity contribution in [2.24, 2.45) is 0 Å². The van der Waals surface area contributed by atoms with Crippen LogP contribution in [0.25, 0.3) is 10.9 Å². The van der Waals surface area contributed by atoms with Gasteiger partial charge in [0.05, 0.1) is 6.20 Å². The molecule has 0 aliphatic heterocycles. The van der Waals surface area contributed by atoms with Gasteiger partial charge in [0.15, 0.2) is 0 Å². The van der Waals surface area contributed by atoms with Gasteiger partial charge in [-0.05, 0) is 24.3 Å². The summed E-state index contributed by atoms with van der Waals surface area (Å²) in [6.07, 6.45) is 2.96. The molecule has 0 saturated heterocycles. The molecule has 0 spiro atoms. The standard InChI is InChI=1S/C10H11N2/c1-12(2)9-3-4-10-8(7-9)5-6-11-10/h3-5,7,11H,1-2H3. The van der Waals surface area contributed by atoms with Crippen LogP contribution < -0.4 is 4.90 Å². The third-order valence-electron chi connectivity index (χ3n) is 1.99. The molecule has 12 heavy (non-hydrogen) atoms. The van der Waals surface area contributed by atoms with Gasteiger partial charge in [0.1, 0.15) is 0 Å². The number of aromatic nitrogens is 1. The summed E-state index contributed by atoms with van der Waals surface area (Å²) in [4.78, 5) is 5.13. The number of fused-ring (bicyclic) bond motifs is 1. The minimum Gasteiger partial charge on any atom is -0.378 e. The topological polar surface area (TPSA) is 19.0 Å². The molecule has 2 heteroatoms. The van der Waals surface area contributed by atoms with Crippen molar-refractivity contribution in [2.45, 2.75) is 0 Å². The second kappa shape index (κ2) is 2.55. The van der Waals surface area contributed by atoms with Crippen LogP contribution in [-0.4, -0.2) is 19.1 Å². The van der Waals surface area contributed by atoms with E-state index < -0.39 is 0 Å². The second-order valence-corrected chi connectivity index (χ2v) is 3.08. The number of hydrogen-bond donors (Lipinski definition) is 1. The molecule has 0 saturated carbocycles. The predicted octanol–water partition coefficient (Wildman–Crippen LogP) is 2.03. The summed E-state index contributed by atoms with van der Waals surface area (Å²) in [7, 11) is 4.08. The molecule has 1 aromatic carbocycles. The van der Waals surface area contributed by atoms with Gasteiger partial charge in [-0.1, -0.05) is 0 Å². The van der Waals surface area contributed by atoms with Crippen molar-refractivity contribution in [1.82, 2.24) is 4.98 Å². The van der Waals surface area contributed by atoms with E-state index >= 15 is 0 Å². The van der Waals surface area contributed by atoms with Crippen molar-refractivity contribution in [2.75, 3.05) is 19.0 Å². The van der Waals surface area contributed by atoms with Gasteiger partial charge in [0.25, 0.3) is 0 Å². The lowest BCUT2D eigenvalue weighted by Crippen LogP contribution is -2.07. The molecule has 1 heterocycles. The molecule has 0 aliphatic rings. The molecule has 1 aromatic heterocycles. The van der Waals surface area contributed by atoms with Crippen molar-refractivity contribution < 1.29 is 0 Å².